The number of carbonyl (C=O) groups is 1. The molecular formula is C21H16ClN3O3S. The number of nitrogens with one attached hydrogen (secondary N) is 2. The molecule has 0 spiro atoms. The number of rotatable bonds is 4. The summed E-state index contributed by atoms with van der Waals surface area (Å²) in [5.74, 6) is -0.431. The van der Waals surface area contributed by atoms with Crippen LogP contribution >= 0.6 is 11.6 Å². The van der Waals surface area contributed by atoms with Gasteiger partial charge in [0, 0.05) is 22.9 Å². The first-order valence-corrected chi connectivity index (χ1v) is 10.9. The van der Waals surface area contributed by atoms with Crippen LogP contribution in [-0.2, 0) is 9.84 Å². The summed E-state index contributed by atoms with van der Waals surface area (Å²) >= 11 is 6.13. The third-order valence-corrected chi connectivity index (χ3v) is 5.90. The summed E-state index contributed by atoms with van der Waals surface area (Å²) in [6, 6.07) is 19.1. The van der Waals surface area contributed by atoms with Gasteiger partial charge in [0.15, 0.2) is 9.84 Å². The van der Waals surface area contributed by atoms with Crippen LogP contribution in [0.25, 0.3) is 22.2 Å². The average molecular weight is 426 g/mol. The Morgan fingerprint density at radius 3 is 2.59 bits per heavy atom. The van der Waals surface area contributed by atoms with E-state index in [1.54, 1.807) is 6.07 Å². The predicted octanol–water partition coefficient (Wildman–Crippen LogP) is 4.54. The van der Waals surface area contributed by atoms with Gasteiger partial charge >= 0.3 is 0 Å². The Morgan fingerprint density at radius 2 is 1.83 bits per heavy atom. The lowest BCUT2D eigenvalue weighted by Crippen LogP contribution is -2.13. The molecule has 8 heteroatoms. The maximum Gasteiger partial charge on any atom is 0.257 e. The fourth-order valence-electron chi connectivity index (χ4n) is 3.04. The number of aromatic nitrogens is 2. The molecular weight excluding hydrogens is 410 g/mol. The molecule has 0 saturated carbocycles. The van der Waals surface area contributed by atoms with Crippen LogP contribution in [0.5, 0.6) is 0 Å². The lowest BCUT2D eigenvalue weighted by molar-refractivity contribution is 0.102. The number of sulfone groups is 1. The molecule has 1 aromatic heterocycles. The van der Waals surface area contributed by atoms with E-state index in [4.69, 9.17) is 11.6 Å². The van der Waals surface area contributed by atoms with Gasteiger partial charge in [0.1, 0.15) is 0 Å². The molecule has 0 atom stereocenters. The van der Waals surface area contributed by atoms with Crippen molar-refractivity contribution in [2.45, 2.75) is 4.90 Å². The highest BCUT2D eigenvalue weighted by Crippen LogP contribution is 2.28. The van der Waals surface area contributed by atoms with Gasteiger partial charge in [-0.25, -0.2) is 8.42 Å². The lowest BCUT2D eigenvalue weighted by Gasteiger charge is -2.09. The maximum atomic E-state index is 12.6. The average Bonchev–Trinajstić information content (AvgIpc) is 3.11. The summed E-state index contributed by atoms with van der Waals surface area (Å²) in [6.45, 7) is 0. The van der Waals surface area contributed by atoms with E-state index in [9.17, 15) is 13.2 Å². The van der Waals surface area contributed by atoms with E-state index in [-0.39, 0.29) is 15.5 Å². The lowest BCUT2D eigenvalue weighted by atomic mass is 10.1. The Bertz CT molecular complexity index is 1350. The molecule has 0 saturated heterocycles. The Labute approximate surface area is 172 Å². The van der Waals surface area contributed by atoms with Gasteiger partial charge in [0.25, 0.3) is 5.91 Å². The van der Waals surface area contributed by atoms with Crippen molar-refractivity contribution in [2.75, 3.05) is 11.6 Å². The number of benzene rings is 3. The Balaban J connectivity index is 1.62. The van der Waals surface area contributed by atoms with Crippen LogP contribution in [0, 0.1) is 0 Å². The summed E-state index contributed by atoms with van der Waals surface area (Å²) in [5, 5.41) is 11.2. The Kier molecular flexibility index (Phi) is 4.86. The van der Waals surface area contributed by atoms with E-state index in [2.05, 4.69) is 15.5 Å². The molecule has 4 aromatic rings. The number of nitrogens with zero attached hydrogens (tertiary/aromatic N) is 1. The first-order chi connectivity index (χ1) is 13.8. The molecule has 1 heterocycles. The summed E-state index contributed by atoms with van der Waals surface area (Å²) < 4.78 is 23.3. The fraction of sp³-hybridized carbons (Fsp3) is 0.0476. The van der Waals surface area contributed by atoms with Crippen molar-refractivity contribution in [3.63, 3.8) is 0 Å². The van der Waals surface area contributed by atoms with Crippen molar-refractivity contribution in [1.82, 2.24) is 10.2 Å². The SMILES string of the molecule is CS(=O)(=O)c1ccc(C(=O)Nc2cccc(-c3n[nH]c4ccccc34)c2)c(Cl)c1. The molecule has 0 aliphatic carbocycles. The second-order valence-corrected chi connectivity index (χ2v) is 8.99. The number of aromatic amines is 1. The standard InChI is InChI=1S/C21H16ClN3O3S/c1-29(27,28)15-9-10-16(18(22)12-15)21(26)23-14-6-4-5-13(11-14)20-17-7-2-3-8-19(17)24-25-20/h2-12H,1H3,(H,23,26)(H,24,25). The highest BCUT2D eigenvalue weighted by molar-refractivity contribution is 7.90. The van der Waals surface area contributed by atoms with Crippen LogP contribution in [0.15, 0.2) is 71.6 Å². The number of fused-ring (bicyclic) bond motifs is 1. The van der Waals surface area contributed by atoms with E-state index >= 15 is 0 Å². The minimum Gasteiger partial charge on any atom is -0.322 e. The second-order valence-electron chi connectivity index (χ2n) is 6.57. The molecule has 3 aromatic carbocycles. The molecule has 0 aliphatic rings. The Morgan fingerprint density at radius 1 is 1.03 bits per heavy atom. The highest BCUT2D eigenvalue weighted by Gasteiger charge is 2.15. The van der Waals surface area contributed by atoms with Gasteiger partial charge in [-0.2, -0.15) is 5.10 Å². The number of H-pyrrole nitrogens is 1. The van der Waals surface area contributed by atoms with Crippen LogP contribution in [0.4, 0.5) is 5.69 Å². The number of amides is 1. The van der Waals surface area contributed by atoms with Crippen LogP contribution < -0.4 is 5.32 Å². The molecule has 0 bridgehead atoms. The van der Waals surface area contributed by atoms with Crippen molar-refractivity contribution in [3.8, 4) is 11.3 Å². The highest BCUT2D eigenvalue weighted by atomic mass is 35.5. The molecule has 0 aliphatic heterocycles. The minimum absolute atomic E-state index is 0.0615. The first kappa shape index (κ1) is 19.2. The topological polar surface area (TPSA) is 91.9 Å². The molecule has 146 valence electrons. The third kappa shape index (κ3) is 3.87. The van der Waals surface area contributed by atoms with Crippen molar-refractivity contribution >= 4 is 43.9 Å². The van der Waals surface area contributed by atoms with Gasteiger partial charge in [-0.05, 0) is 36.4 Å². The largest absolute Gasteiger partial charge is 0.322 e. The third-order valence-electron chi connectivity index (χ3n) is 4.48. The molecule has 4 rings (SSSR count). The maximum absolute atomic E-state index is 12.6. The molecule has 2 N–H and O–H groups in total. The molecule has 6 nitrogen and oxygen atoms in total. The van der Waals surface area contributed by atoms with Crippen molar-refractivity contribution in [1.29, 1.82) is 0 Å². The molecule has 0 radical (unpaired) electrons. The number of para-hydroxylation sites is 1. The van der Waals surface area contributed by atoms with E-state index in [0.717, 1.165) is 28.4 Å². The van der Waals surface area contributed by atoms with Crippen molar-refractivity contribution in [2.24, 2.45) is 0 Å². The monoisotopic (exact) mass is 425 g/mol. The predicted molar refractivity (Wildman–Crippen MR) is 114 cm³/mol. The van der Waals surface area contributed by atoms with Crippen molar-refractivity contribution < 1.29 is 13.2 Å². The van der Waals surface area contributed by atoms with Gasteiger partial charge in [-0.3, -0.25) is 9.89 Å². The summed E-state index contributed by atoms with van der Waals surface area (Å²) in [7, 11) is -3.40. The zero-order valence-corrected chi connectivity index (χ0v) is 16.9. The van der Waals surface area contributed by atoms with Crippen molar-refractivity contribution in [3.05, 3.63) is 77.3 Å². The molecule has 29 heavy (non-hydrogen) atoms. The molecule has 0 unspecified atom stereocenters. The van der Waals surface area contributed by atoms with E-state index in [1.807, 2.05) is 42.5 Å². The molecule has 1 amide bonds. The van der Waals surface area contributed by atoms with E-state index in [0.29, 0.717) is 5.69 Å². The minimum atomic E-state index is -3.40. The summed E-state index contributed by atoms with van der Waals surface area (Å²) in [6.07, 6.45) is 1.09. The number of halogens is 1. The summed E-state index contributed by atoms with van der Waals surface area (Å²) in [4.78, 5) is 12.7. The van der Waals surface area contributed by atoms with Gasteiger partial charge in [-0.1, -0.05) is 41.9 Å². The fourth-order valence-corrected chi connectivity index (χ4v) is 4.02. The number of hydrogen-bond donors (Lipinski definition) is 2. The number of hydrogen-bond acceptors (Lipinski definition) is 4. The van der Waals surface area contributed by atoms with Gasteiger partial charge in [0.05, 0.1) is 26.7 Å². The van der Waals surface area contributed by atoms with Crippen LogP contribution in [0.2, 0.25) is 5.02 Å². The molecule has 0 fully saturated rings. The second kappa shape index (κ2) is 7.35. The summed E-state index contributed by atoms with van der Waals surface area (Å²) in [5.41, 5.74) is 3.32. The quantitative estimate of drug-likeness (QED) is 0.502. The van der Waals surface area contributed by atoms with Gasteiger partial charge in [-0.15, -0.1) is 0 Å². The van der Waals surface area contributed by atoms with Crippen LogP contribution in [0.3, 0.4) is 0 Å². The van der Waals surface area contributed by atoms with Crippen LogP contribution in [-0.4, -0.2) is 30.8 Å². The van der Waals surface area contributed by atoms with E-state index in [1.165, 1.54) is 18.2 Å². The van der Waals surface area contributed by atoms with E-state index < -0.39 is 15.7 Å². The zero-order chi connectivity index (χ0) is 20.6. The van der Waals surface area contributed by atoms with Gasteiger partial charge < -0.3 is 5.32 Å². The number of anilines is 1. The normalized spacial score (nSPS) is 11.5. The van der Waals surface area contributed by atoms with Crippen LogP contribution in [0.1, 0.15) is 10.4 Å². The first-order valence-electron chi connectivity index (χ1n) is 8.67. The number of carbonyl (C=O) groups excluding carboxylic acids is 1. The Hall–Kier alpha value is -3.16. The van der Waals surface area contributed by atoms with Gasteiger partial charge in [0.2, 0.25) is 0 Å². The smallest absolute Gasteiger partial charge is 0.257 e. The zero-order valence-electron chi connectivity index (χ0n) is 15.3.